The fraction of sp³-hybridized carbons (Fsp3) is 0.333. The number of hydrogen-bond donors (Lipinski definition) is 2. The number of nitrogens with one attached hydrogen (secondary N) is 2. The standard InChI is InChI=1S/C21H26FN3O3/c1-5-15-8-6-7-9-18(15)23-20(26)13-25(4)21(27)24-19-11-10-16(12-17(19)22)28-14(2)3/h6-12,14H,5,13H2,1-4H3,(H,23,26)(H,24,27). The van der Waals surface area contributed by atoms with E-state index in [2.05, 4.69) is 10.6 Å². The van der Waals surface area contributed by atoms with Crippen LogP contribution >= 0.6 is 0 Å². The Hall–Kier alpha value is -3.09. The highest BCUT2D eigenvalue weighted by Crippen LogP contribution is 2.22. The van der Waals surface area contributed by atoms with Gasteiger partial charge in [-0.3, -0.25) is 4.79 Å². The summed E-state index contributed by atoms with van der Waals surface area (Å²) in [6.45, 7) is 5.51. The smallest absolute Gasteiger partial charge is 0.322 e. The van der Waals surface area contributed by atoms with Crippen LogP contribution in [0.2, 0.25) is 0 Å². The summed E-state index contributed by atoms with van der Waals surface area (Å²) in [5, 5.41) is 5.26. The number of halogens is 1. The van der Waals surface area contributed by atoms with E-state index in [1.807, 2.05) is 45.0 Å². The minimum absolute atomic E-state index is 0.0182. The third kappa shape index (κ3) is 5.97. The van der Waals surface area contributed by atoms with Gasteiger partial charge in [-0.25, -0.2) is 9.18 Å². The summed E-state index contributed by atoms with van der Waals surface area (Å²) >= 11 is 0. The Morgan fingerprint density at radius 1 is 1.11 bits per heavy atom. The van der Waals surface area contributed by atoms with E-state index in [-0.39, 0.29) is 24.2 Å². The van der Waals surface area contributed by atoms with Crippen molar-refractivity contribution in [1.29, 1.82) is 0 Å². The van der Waals surface area contributed by atoms with E-state index in [1.165, 1.54) is 24.1 Å². The highest BCUT2D eigenvalue weighted by atomic mass is 19.1. The molecule has 0 atom stereocenters. The Labute approximate surface area is 164 Å². The number of benzene rings is 2. The molecule has 0 saturated carbocycles. The fourth-order valence-corrected chi connectivity index (χ4v) is 2.58. The van der Waals surface area contributed by atoms with Gasteiger partial charge in [-0.05, 0) is 44.0 Å². The van der Waals surface area contributed by atoms with Crippen LogP contribution in [0, 0.1) is 5.82 Å². The zero-order chi connectivity index (χ0) is 20.7. The highest BCUT2D eigenvalue weighted by molar-refractivity contribution is 5.97. The van der Waals surface area contributed by atoms with Gasteiger partial charge < -0.3 is 20.3 Å². The fourth-order valence-electron chi connectivity index (χ4n) is 2.58. The molecule has 0 aliphatic carbocycles. The number of carbonyl (C=O) groups is 2. The van der Waals surface area contributed by atoms with Crippen molar-refractivity contribution < 1.29 is 18.7 Å². The normalized spacial score (nSPS) is 10.5. The molecule has 2 rings (SSSR count). The molecule has 0 fully saturated rings. The summed E-state index contributed by atoms with van der Waals surface area (Å²) < 4.78 is 19.6. The van der Waals surface area contributed by atoms with Crippen molar-refractivity contribution in [2.75, 3.05) is 24.2 Å². The topological polar surface area (TPSA) is 70.7 Å². The molecule has 3 amide bonds. The second-order valence-electron chi connectivity index (χ2n) is 6.65. The molecular formula is C21H26FN3O3. The van der Waals surface area contributed by atoms with Crippen LogP contribution in [0.4, 0.5) is 20.6 Å². The number of hydrogen-bond acceptors (Lipinski definition) is 3. The minimum atomic E-state index is -0.610. The molecule has 0 saturated heterocycles. The summed E-state index contributed by atoms with van der Waals surface area (Å²) in [4.78, 5) is 25.7. The molecule has 2 aromatic carbocycles. The zero-order valence-corrected chi connectivity index (χ0v) is 16.6. The molecule has 0 aliphatic heterocycles. The first-order chi connectivity index (χ1) is 13.3. The van der Waals surface area contributed by atoms with Crippen molar-refractivity contribution in [1.82, 2.24) is 4.90 Å². The van der Waals surface area contributed by atoms with Crippen LogP contribution in [0.5, 0.6) is 5.75 Å². The van der Waals surface area contributed by atoms with Crippen LogP contribution in [0.15, 0.2) is 42.5 Å². The molecule has 0 spiro atoms. The van der Waals surface area contributed by atoms with Crippen LogP contribution in [0.25, 0.3) is 0 Å². The molecule has 0 aromatic heterocycles. The molecule has 0 aliphatic rings. The number of aryl methyl sites for hydroxylation is 1. The summed E-state index contributed by atoms with van der Waals surface area (Å²) in [5.41, 5.74) is 1.74. The lowest BCUT2D eigenvalue weighted by Crippen LogP contribution is -2.38. The molecule has 2 N–H and O–H groups in total. The zero-order valence-electron chi connectivity index (χ0n) is 16.6. The summed E-state index contributed by atoms with van der Waals surface area (Å²) in [7, 11) is 1.47. The van der Waals surface area contributed by atoms with Crippen molar-refractivity contribution in [3.8, 4) is 5.75 Å². The van der Waals surface area contributed by atoms with Gasteiger partial charge in [0.05, 0.1) is 11.8 Å². The van der Waals surface area contributed by atoms with Crippen molar-refractivity contribution in [2.45, 2.75) is 33.3 Å². The molecule has 0 unspecified atom stereocenters. The van der Waals surface area contributed by atoms with Gasteiger partial charge in [0.25, 0.3) is 0 Å². The van der Waals surface area contributed by atoms with Gasteiger partial charge in [0.2, 0.25) is 5.91 Å². The number of nitrogens with zero attached hydrogens (tertiary/aromatic N) is 1. The maximum Gasteiger partial charge on any atom is 0.322 e. The first-order valence-electron chi connectivity index (χ1n) is 9.16. The highest BCUT2D eigenvalue weighted by Gasteiger charge is 2.16. The van der Waals surface area contributed by atoms with Crippen LogP contribution in [-0.4, -0.2) is 36.5 Å². The number of anilines is 2. The lowest BCUT2D eigenvalue weighted by molar-refractivity contribution is -0.116. The number of urea groups is 1. The average molecular weight is 387 g/mol. The molecule has 6 nitrogen and oxygen atoms in total. The van der Waals surface area contributed by atoms with Gasteiger partial charge in [0, 0.05) is 18.8 Å². The van der Waals surface area contributed by atoms with Gasteiger partial charge in [0.1, 0.15) is 18.1 Å². The molecule has 2 aromatic rings. The molecule has 150 valence electrons. The molecule has 0 bridgehead atoms. The first-order valence-corrected chi connectivity index (χ1v) is 9.16. The van der Waals surface area contributed by atoms with E-state index in [0.29, 0.717) is 5.75 Å². The molecular weight excluding hydrogens is 361 g/mol. The summed E-state index contributed by atoms with van der Waals surface area (Å²) in [6.07, 6.45) is 0.699. The number of para-hydroxylation sites is 1. The number of amides is 3. The SMILES string of the molecule is CCc1ccccc1NC(=O)CN(C)C(=O)Nc1ccc(OC(C)C)cc1F. The maximum absolute atomic E-state index is 14.2. The summed E-state index contributed by atoms with van der Waals surface area (Å²) in [5.74, 6) is -0.561. The third-order valence-corrected chi connectivity index (χ3v) is 3.95. The average Bonchev–Trinajstić information content (AvgIpc) is 2.63. The van der Waals surface area contributed by atoms with E-state index in [0.717, 1.165) is 17.7 Å². The van der Waals surface area contributed by atoms with Crippen LogP contribution in [-0.2, 0) is 11.2 Å². The van der Waals surface area contributed by atoms with Gasteiger partial charge >= 0.3 is 6.03 Å². The Morgan fingerprint density at radius 2 is 1.82 bits per heavy atom. The van der Waals surface area contributed by atoms with E-state index < -0.39 is 11.8 Å². The predicted molar refractivity (Wildman–Crippen MR) is 108 cm³/mol. The quantitative estimate of drug-likeness (QED) is 0.745. The Morgan fingerprint density at radius 3 is 2.46 bits per heavy atom. The Balaban J connectivity index is 1.94. The van der Waals surface area contributed by atoms with Gasteiger partial charge in [0.15, 0.2) is 0 Å². The van der Waals surface area contributed by atoms with E-state index in [1.54, 1.807) is 6.07 Å². The largest absolute Gasteiger partial charge is 0.491 e. The Kier molecular flexibility index (Phi) is 7.37. The number of ether oxygens (including phenoxy) is 1. The minimum Gasteiger partial charge on any atom is -0.491 e. The van der Waals surface area contributed by atoms with E-state index in [4.69, 9.17) is 4.74 Å². The van der Waals surface area contributed by atoms with Crippen molar-refractivity contribution in [3.05, 3.63) is 53.8 Å². The maximum atomic E-state index is 14.2. The lowest BCUT2D eigenvalue weighted by Gasteiger charge is -2.19. The van der Waals surface area contributed by atoms with Crippen LogP contribution in [0.3, 0.4) is 0 Å². The number of carbonyl (C=O) groups excluding carboxylic acids is 2. The molecule has 7 heteroatoms. The summed E-state index contributed by atoms with van der Waals surface area (Å²) in [6, 6.07) is 11.1. The van der Waals surface area contributed by atoms with Crippen molar-refractivity contribution in [2.24, 2.45) is 0 Å². The van der Waals surface area contributed by atoms with Crippen LogP contribution in [0.1, 0.15) is 26.3 Å². The molecule has 0 heterocycles. The van der Waals surface area contributed by atoms with Gasteiger partial charge in [-0.15, -0.1) is 0 Å². The second-order valence-corrected chi connectivity index (χ2v) is 6.65. The first kappa shape index (κ1) is 21.2. The van der Waals surface area contributed by atoms with Crippen LogP contribution < -0.4 is 15.4 Å². The lowest BCUT2D eigenvalue weighted by atomic mass is 10.1. The predicted octanol–water partition coefficient (Wildman–Crippen LogP) is 4.28. The third-order valence-electron chi connectivity index (χ3n) is 3.95. The van der Waals surface area contributed by atoms with E-state index in [9.17, 15) is 14.0 Å². The van der Waals surface area contributed by atoms with Crippen molar-refractivity contribution in [3.63, 3.8) is 0 Å². The Bertz CT molecular complexity index is 839. The number of rotatable bonds is 7. The monoisotopic (exact) mass is 387 g/mol. The van der Waals surface area contributed by atoms with E-state index >= 15 is 0 Å². The molecule has 28 heavy (non-hydrogen) atoms. The number of likely N-dealkylation sites (N-methyl/N-ethyl adjacent to an activating group) is 1. The second kappa shape index (κ2) is 9.73. The van der Waals surface area contributed by atoms with Gasteiger partial charge in [-0.1, -0.05) is 25.1 Å². The van der Waals surface area contributed by atoms with Gasteiger partial charge in [-0.2, -0.15) is 0 Å². The van der Waals surface area contributed by atoms with Crippen molar-refractivity contribution >= 4 is 23.3 Å². The molecule has 0 radical (unpaired) electrons.